The van der Waals surface area contributed by atoms with Crippen LogP contribution in [0.2, 0.25) is 16.8 Å². The molecular formula is C29H27FGeNO+. The first-order valence-electron chi connectivity index (χ1n) is 12.3. The average Bonchev–Trinajstić information content (AvgIpc) is 3.25. The van der Waals surface area contributed by atoms with E-state index in [9.17, 15) is 0 Å². The van der Waals surface area contributed by atoms with E-state index in [4.69, 9.17) is 7.16 Å². The molecule has 0 saturated carbocycles. The first kappa shape index (κ1) is 18.5. The summed E-state index contributed by atoms with van der Waals surface area (Å²) in [5.74, 6) is 4.09. The summed E-state index contributed by atoms with van der Waals surface area (Å²) in [5, 5.41) is 2.32. The Kier molecular flexibility index (Phi) is 4.09. The molecule has 0 bridgehead atoms. The number of hydrogen-bond donors (Lipinski definition) is 0. The van der Waals surface area contributed by atoms with Crippen molar-refractivity contribution in [2.75, 3.05) is 0 Å². The number of hydrogen-bond acceptors (Lipinski definition) is 1. The van der Waals surface area contributed by atoms with Gasteiger partial charge < -0.3 is 0 Å². The Hall–Kier alpha value is -2.92. The van der Waals surface area contributed by atoms with E-state index >= 15 is 4.39 Å². The van der Waals surface area contributed by atoms with Crippen molar-refractivity contribution in [3.63, 3.8) is 0 Å². The van der Waals surface area contributed by atoms with E-state index in [-0.39, 0.29) is 5.82 Å². The SMILES string of the molecule is [2H]C1([2H])[CH2][Ge]([CH3])([CH3])[c]2cccc(-c3c(F)ccc4c3oc3c(-c5cccc[n+]5C)c(C)ccc34)c21. The minimum absolute atomic E-state index is 0.362. The van der Waals surface area contributed by atoms with Crippen molar-refractivity contribution in [2.45, 2.75) is 30.1 Å². The topological polar surface area (TPSA) is 17.0 Å². The molecular weight excluding hydrogens is 470 g/mol. The van der Waals surface area contributed by atoms with Crippen molar-refractivity contribution in [2.24, 2.45) is 7.05 Å². The van der Waals surface area contributed by atoms with Crippen molar-refractivity contribution >= 4 is 39.6 Å². The molecule has 0 aliphatic carbocycles. The van der Waals surface area contributed by atoms with Crippen LogP contribution in [0.4, 0.5) is 4.39 Å². The molecule has 0 amide bonds. The summed E-state index contributed by atoms with van der Waals surface area (Å²) in [4.78, 5) is 0. The van der Waals surface area contributed by atoms with Crippen LogP contribution in [0.25, 0.3) is 44.3 Å². The van der Waals surface area contributed by atoms with Gasteiger partial charge in [-0.1, -0.05) is 0 Å². The molecule has 2 aromatic heterocycles. The number of furan rings is 1. The maximum atomic E-state index is 15.6. The van der Waals surface area contributed by atoms with Gasteiger partial charge in [-0.05, 0) is 0 Å². The molecule has 6 rings (SSSR count). The van der Waals surface area contributed by atoms with Gasteiger partial charge in [0.25, 0.3) is 0 Å². The summed E-state index contributed by atoms with van der Waals surface area (Å²) < 4.78 is 43.1. The Balaban J connectivity index is 1.73. The predicted molar refractivity (Wildman–Crippen MR) is 136 cm³/mol. The molecule has 5 aromatic rings. The quantitative estimate of drug-likeness (QED) is 0.196. The Morgan fingerprint density at radius 3 is 2.48 bits per heavy atom. The second kappa shape index (κ2) is 7.29. The molecule has 0 unspecified atom stereocenters. The zero-order chi connectivity index (χ0) is 24.7. The number of aromatic nitrogens is 1. The summed E-state index contributed by atoms with van der Waals surface area (Å²) >= 11 is -2.55. The van der Waals surface area contributed by atoms with Crippen LogP contribution in [-0.2, 0) is 13.4 Å². The van der Waals surface area contributed by atoms with E-state index in [1.807, 2.05) is 43.6 Å². The monoisotopic (exact) mass is 500 g/mol. The van der Waals surface area contributed by atoms with Gasteiger partial charge in [0, 0.05) is 0 Å². The summed E-state index contributed by atoms with van der Waals surface area (Å²) in [6.07, 6.45) is 0.527. The van der Waals surface area contributed by atoms with Gasteiger partial charge in [-0.15, -0.1) is 0 Å². The maximum absolute atomic E-state index is 15.6. The van der Waals surface area contributed by atoms with Crippen LogP contribution in [0.1, 0.15) is 13.9 Å². The number of rotatable bonds is 2. The normalized spacial score (nSPS) is 17.2. The van der Waals surface area contributed by atoms with Crippen LogP contribution < -0.4 is 8.96 Å². The third-order valence-corrected chi connectivity index (χ3v) is 13.2. The van der Waals surface area contributed by atoms with Crippen molar-refractivity contribution in [3.05, 3.63) is 83.8 Å². The van der Waals surface area contributed by atoms with Gasteiger partial charge in [0.15, 0.2) is 0 Å². The van der Waals surface area contributed by atoms with Gasteiger partial charge in [0.05, 0.1) is 0 Å². The van der Waals surface area contributed by atoms with Crippen molar-refractivity contribution in [3.8, 4) is 22.4 Å². The summed E-state index contributed by atoms with van der Waals surface area (Å²) in [5.41, 5.74) is 5.92. The molecule has 33 heavy (non-hydrogen) atoms. The molecule has 3 aromatic carbocycles. The second-order valence-electron chi connectivity index (χ2n) is 9.70. The first-order valence-corrected chi connectivity index (χ1v) is 18.1. The van der Waals surface area contributed by atoms with Crippen LogP contribution in [-0.4, -0.2) is 13.3 Å². The van der Waals surface area contributed by atoms with E-state index in [0.717, 1.165) is 37.6 Å². The van der Waals surface area contributed by atoms with Gasteiger partial charge in [0.2, 0.25) is 0 Å². The second-order valence-corrected chi connectivity index (χ2v) is 19.5. The number of pyridine rings is 1. The number of halogens is 1. The molecule has 0 saturated heterocycles. The van der Waals surface area contributed by atoms with Crippen molar-refractivity contribution in [1.29, 1.82) is 0 Å². The fourth-order valence-corrected chi connectivity index (χ4v) is 9.98. The zero-order valence-corrected chi connectivity index (χ0v) is 21.4. The van der Waals surface area contributed by atoms with Gasteiger partial charge in [-0.25, -0.2) is 0 Å². The van der Waals surface area contributed by atoms with E-state index in [2.05, 4.69) is 41.2 Å². The number of nitrogens with zero attached hydrogens (tertiary/aromatic N) is 1. The van der Waals surface area contributed by atoms with Crippen LogP contribution in [0.3, 0.4) is 0 Å². The third-order valence-electron chi connectivity index (χ3n) is 7.05. The van der Waals surface area contributed by atoms with Gasteiger partial charge in [-0.3, -0.25) is 0 Å². The zero-order valence-electron chi connectivity index (χ0n) is 21.3. The molecule has 0 atom stereocenters. The fourth-order valence-electron chi connectivity index (χ4n) is 5.25. The van der Waals surface area contributed by atoms with Gasteiger partial charge in [-0.2, -0.15) is 0 Å². The molecule has 0 spiro atoms. The van der Waals surface area contributed by atoms with Crippen molar-refractivity contribution < 1.29 is 16.1 Å². The van der Waals surface area contributed by atoms with Crippen LogP contribution in [0, 0.1) is 12.7 Å². The van der Waals surface area contributed by atoms with Gasteiger partial charge >= 0.3 is 199 Å². The van der Waals surface area contributed by atoms with Crippen molar-refractivity contribution in [1.82, 2.24) is 0 Å². The standard InChI is InChI=1S/C29H27FGeNO/c1-18-11-12-21-22-13-14-23(30)27(20-8-7-9-24-19(20)15-16-31(24,2)3)29(22)33-28(21)26(18)25-10-5-6-17-32(25)4/h5-14,17H,15-16H2,1-4H3/q+1/i15D2. The third kappa shape index (κ3) is 3.02. The Bertz CT molecular complexity index is 1670. The summed E-state index contributed by atoms with van der Waals surface area (Å²) in [7, 11) is 2.00. The minimum atomic E-state index is -2.55. The summed E-state index contributed by atoms with van der Waals surface area (Å²) in [6, 6.07) is 19.3. The van der Waals surface area contributed by atoms with Gasteiger partial charge in [0.1, 0.15) is 0 Å². The van der Waals surface area contributed by atoms with E-state index < -0.39 is 19.6 Å². The first-order chi connectivity index (χ1) is 16.6. The Morgan fingerprint density at radius 1 is 0.939 bits per heavy atom. The molecule has 4 heteroatoms. The fraction of sp³-hybridized carbons (Fsp3) is 0.207. The molecule has 164 valence electrons. The Morgan fingerprint density at radius 2 is 1.70 bits per heavy atom. The molecule has 0 fully saturated rings. The van der Waals surface area contributed by atoms with E-state index in [1.165, 1.54) is 6.07 Å². The Labute approximate surface area is 198 Å². The average molecular weight is 499 g/mol. The van der Waals surface area contributed by atoms with E-state index in [0.29, 0.717) is 27.5 Å². The number of benzene rings is 3. The molecule has 0 radical (unpaired) electrons. The molecule has 2 nitrogen and oxygen atoms in total. The summed E-state index contributed by atoms with van der Waals surface area (Å²) in [6.45, 7) is 2.06. The van der Waals surface area contributed by atoms with E-state index in [1.54, 1.807) is 6.07 Å². The predicted octanol–water partition coefficient (Wildman–Crippen LogP) is 6.66. The molecule has 3 heterocycles. The number of aryl methyl sites for hydroxylation is 2. The number of fused-ring (bicyclic) bond motifs is 4. The molecule has 0 N–H and O–H groups in total. The molecule has 1 aliphatic rings. The van der Waals surface area contributed by atoms with Crippen LogP contribution in [0.15, 0.2) is 71.3 Å². The molecule has 1 aliphatic heterocycles. The van der Waals surface area contributed by atoms with Crippen LogP contribution in [0.5, 0.6) is 0 Å². The van der Waals surface area contributed by atoms with Crippen LogP contribution >= 0.6 is 0 Å².